The van der Waals surface area contributed by atoms with Gasteiger partial charge >= 0.3 is 0 Å². The van der Waals surface area contributed by atoms with Crippen LogP contribution in [0.15, 0.2) is 27.8 Å². The average Bonchev–Trinajstić information content (AvgIpc) is 3.09. The summed E-state index contributed by atoms with van der Waals surface area (Å²) in [6.45, 7) is 5.31. The van der Waals surface area contributed by atoms with Gasteiger partial charge in [-0.05, 0) is 44.7 Å². The molecular formula is C18H30IN3O3. The van der Waals surface area contributed by atoms with E-state index in [-0.39, 0.29) is 24.0 Å². The van der Waals surface area contributed by atoms with Crippen LogP contribution in [0.5, 0.6) is 0 Å². The minimum Gasteiger partial charge on any atom is -0.469 e. The van der Waals surface area contributed by atoms with Crippen LogP contribution in [0.4, 0.5) is 0 Å². The predicted octanol–water partition coefficient (Wildman–Crippen LogP) is 2.72. The number of hydrogen-bond acceptors (Lipinski definition) is 4. The van der Waals surface area contributed by atoms with Crippen molar-refractivity contribution in [1.29, 1.82) is 0 Å². The van der Waals surface area contributed by atoms with Crippen LogP contribution in [-0.4, -0.2) is 50.5 Å². The Morgan fingerprint density at radius 1 is 1.16 bits per heavy atom. The molecule has 7 heteroatoms. The number of halogens is 1. The summed E-state index contributed by atoms with van der Waals surface area (Å²) in [5, 5.41) is 7.19. The number of furan rings is 1. The van der Waals surface area contributed by atoms with Gasteiger partial charge in [-0.2, -0.15) is 0 Å². The van der Waals surface area contributed by atoms with E-state index in [0.29, 0.717) is 24.7 Å². The number of aliphatic imine (C=N–C) groups is 1. The highest BCUT2D eigenvalue weighted by molar-refractivity contribution is 14.0. The molecule has 6 nitrogen and oxygen atoms in total. The number of nitrogens with one attached hydrogen (secondary N) is 2. The van der Waals surface area contributed by atoms with E-state index in [1.54, 1.807) is 6.26 Å². The Morgan fingerprint density at radius 2 is 1.92 bits per heavy atom. The molecule has 142 valence electrons. The summed E-state index contributed by atoms with van der Waals surface area (Å²) in [6, 6.07) is 4.77. The summed E-state index contributed by atoms with van der Waals surface area (Å²) < 4.78 is 16.5. The molecule has 2 unspecified atom stereocenters. The maximum Gasteiger partial charge on any atom is 0.191 e. The normalized spacial score (nSPS) is 25.2. The number of ether oxygens (including phenoxy) is 2. The Balaban J connectivity index is 0.00000225. The smallest absolute Gasteiger partial charge is 0.191 e. The lowest BCUT2D eigenvalue weighted by Crippen LogP contribution is -2.51. The zero-order chi connectivity index (χ0) is 16.6. The lowest BCUT2D eigenvalue weighted by Gasteiger charge is -2.31. The topological polar surface area (TPSA) is 68.0 Å². The Kier molecular flexibility index (Phi) is 9.05. The van der Waals surface area contributed by atoms with Gasteiger partial charge in [-0.25, -0.2) is 0 Å². The van der Waals surface area contributed by atoms with Crippen LogP contribution in [0.25, 0.3) is 0 Å². The van der Waals surface area contributed by atoms with Crippen LogP contribution in [0.1, 0.15) is 38.4 Å². The van der Waals surface area contributed by atoms with Crippen molar-refractivity contribution in [2.24, 2.45) is 4.99 Å². The SMILES string of the molecule is CC1CC(NC(=NCCc2ccco2)NC2CCOCC2)CCO1.I. The van der Waals surface area contributed by atoms with E-state index in [1.807, 2.05) is 12.1 Å². The number of nitrogens with zero attached hydrogens (tertiary/aromatic N) is 1. The molecule has 3 rings (SSSR count). The summed E-state index contributed by atoms with van der Waals surface area (Å²) in [5.74, 6) is 1.89. The first-order valence-corrected chi connectivity index (χ1v) is 9.09. The van der Waals surface area contributed by atoms with Gasteiger partial charge in [-0.15, -0.1) is 24.0 Å². The van der Waals surface area contributed by atoms with Gasteiger partial charge in [0.1, 0.15) is 5.76 Å². The minimum atomic E-state index is 0. The summed E-state index contributed by atoms with van der Waals surface area (Å²) in [5.41, 5.74) is 0. The van der Waals surface area contributed by atoms with Crippen molar-refractivity contribution < 1.29 is 13.9 Å². The molecule has 1 aromatic heterocycles. The molecule has 3 heterocycles. The van der Waals surface area contributed by atoms with Gasteiger partial charge in [-0.1, -0.05) is 0 Å². The molecule has 0 aliphatic carbocycles. The Bertz CT molecular complexity index is 504. The van der Waals surface area contributed by atoms with E-state index >= 15 is 0 Å². The fourth-order valence-corrected chi connectivity index (χ4v) is 3.22. The van der Waals surface area contributed by atoms with Crippen LogP contribution in [0.3, 0.4) is 0 Å². The van der Waals surface area contributed by atoms with Crippen LogP contribution < -0.4 is 10.6 Å². The lowest BCUT2D eigenvalue weighted by atomic mass is 10.0. The van der Waals surface area contributed by atoms with Gasteiger partial charge < -0.3 is 24.5 Å². The predicted molar refractivity (Wildman–Crippen MR) is 109 cm³/mol. The second kappa shape index (κ2) is 11.0. The van der Waals surface area contributed by atoms with E-state index < -0.39 is 0 Å². The fraction of sp³-hybridized carbons (Fsp3) is 0.722. The Labute approximate surface area is 167 Å². The first-order chi connectivity index (χ1) is 11.8. The molecule has 2 saturated heterocycles. The zero-order valence-electron chi connectivity index (χ0n) is 14.9. The molecule has 2 aliphatic rings. The number of rotatable bonds is 5. The maximum absolute atomic E-state index is 5.64. The molecule has 2 aliphatic heterocycles. The lowest BCUT2D eigenvalue weighted by molar-refractivity contribution is 0.0164. The third-order valence-corrected chi connectivity index (χ3v) is 4.60. The molecule has 0 radical (unpaired) electrons. The third-order valence-electron chi connectivity index (χ3n) is 4.60. The summed E-state index contributed by atoms with van der Waals surface area (Å²) in [4.78, 5) is 4.76. The minimum absolute atomic E-state index is 0. The Hall–Kier alpha value is -0.800. The van der Waals surface area contributed by atoms with Crippen molar-refractivity contribution in [2.75, 3.05) is 26.4 Å². The molecule has 0 amide bonds. The van der Waals surface area contributed by atoms with E-state index in [9.17, 15) is 0 Å². The highest BCUT2D eigenvalue weighted by Gasteiger charge is 2.22. The van der Waals surface area contributed by atoms with Crippen molar-refractivity contribution in [1.82, 2.24) is 10.6 Å². The summed E-state index contributed by atoms with van der Waals surface area (Å²) >= 11 is 0. The van der Waals surface area contributed by atoms with Gasteiger partial charge in [0, 0.05) is 44.9 Å². The van der Waals surface area contributed by atoms with Gasteiger partial charge in [0.25, 0.3) is 0 Å². The molecule has 2 N–H and O–H groups in total. The summed E-state index contributed by atoms with van der Waals surface area (Å²) in [7, 11) is 0. The van der Waals surface area contributed by atoms with Crippen LogP contribution in [0.2, 0.25) is 0 Å². The first-order valence-electron chi connectivity index (χ1n) is 9.09. The molecular weight excluding hydrogens is 433 g/mol. The molecule has 0 bridgehead atoms. The van der Waals surface area contributed by atoms with Gasteiger partial charge in [0.05, 0.1) is 12.4 Å². The second-order valence-corrected chi connectivity index (χ2v) is 6.64. The monoisotopic (exact) mass is 463 g/mol. The molecule has 25 heavy (non-hydrogen) atoms. The molecule has 2 fully saturated rings. The van der Waals surface area contributed by atoms with Crippen molar-refractivity contribution >= 4 is 29.9 Å². The van der Waals surface area contributed by atoms with Crippen LogP contribution >= 0.6 is 24.0 Å². The standard InChI is InChI=1S/C18H29N3O3.HI/c1-14-13-16(7-12-23-14)21-18(20-15-5-10-22-11-6-15)19-8-4-17-3-2-9-24-17;/h2-3,9,14-16H,4-8,10-13H2,1H3,(H2,19,20,21);1H. The maximum atomic E-state index is 5.64. The van der Waals surface area contributed by atoms with Gasteiger partial charge in [0.2, 0.25) is 0 Å². The van der Waals surface area contributed by atoms with E-state index in [2.05, 4.69) is 17.6 Å². The van der Waals surface area contributed by atoms with Crippen molar-refractivity contribution in [3.05, 3.63) is 24.2 Å². The Morgan fingerprint density at radius 3 is 2.64 bits per heavy atom. The van der Waals surface area contributed by atoms with Crippen molar-refractivity contribution in [3.8, 4) is 0 Å². The molecule has 2 atom stereocenters. The van der Waals surface area contributed by atoms with E-state index in [0.717, 1.165) is 63.6 Å². The van der Waals surface area contributed by atoms with Crippen LogP contribution in [-0.2, 0) is 15.9 Å². The van der Waals surface area contributed by atoms with Gasteiger partial charge in [0.15, 0.2) is 5.96 Å². The highest BCUT2D eigenvalue weighted by Crippen LogP contribution is 2.13. The van der Waals surface area contributed by atoms with E-state index in [4.69, 9.17) is 18.9 Å². The molecule has 1 aromatic rings. The highest BCUT2D eigenvalue weighted by atomic mass is 127. The zero-order valence-corrected chi connectivity index (χ0v) is 17.2. The largest absolute Gasteiger partial charge is 0.469 e. The fourth-order valence-electron chi connectivity index (χ4n) is 3.22. The van der Waals surface area contributed by atoms with Gasteiger partial charge in [-0.3, -0.25) is 4.99 Å². The molecule has 0 aromatic carbocycles. The quantitative estimate of drug-likeness (QED) is 0.400. The van der Waals surface area contributed by atoms with E-state index in [1.165, 1.54) is 0 Å². The summed E-state index contributed by atoms with van der Waals surface area (Å²) in [6.07, 6.45) is 6.94. The van der Waals surface area contributed by atoms with Crippen LogP contribution in [0, 0.1) is 0 Å². The molecule has 0 spiro atoms. The number of guanidine groups is 1. The average molecular weight is 463 g/mol. The number of hydrogen-bond donors (Lipinski definition) is 2. The van der Waals surface area contributed by atoms with Crippen molar-refractivity contribution in [2.45, 2.75) is 57.2 Å². The second-order valence-electron chi connectivity index (χ2n) is 6.64. The first kappa shape index (κ1) is 20.5. The van der Waals surface area contributed by atoms with Crippen molar-refractivity contribution in [3.63, 3.8) is 0 Å². The third kappa shape index (κ3) is 7.15. The molecule has 0 saturated carbocycles.